The Kier molecular flexibility index (Phi) is 4.02. The minimum Gasteiger partial charge on any atom is -0.349 e. The first-order chi connectivity index (χ1) is 10.4. The van der Waals surface area contributed by atoms with Crippen molar-refractivity contribution in [1.29, 1.82) is 0 Å². The third-order valence-electron chi connectivity index (χ3n) is 5.36. The summed E-state index contributed by atoms with van der Waals surface area (Å²) in [7, 11) is -3.22. The van der Waals surface area contributed by atoms with E-state index < -0.39 is 9.84 Å². The summed E-state index contributed by atoms with van der Waals surface area (Å²) in [5.41, 5.74) is 0.856. The molecule has 0 saturated heterocycles. The van der Waals surface area contributed by atoms with Crippen LogP contribution in [0.1, 0.15) is 55.3 Å². The van der Waals surface area contributed by atoms with Crippen LogP contribution >= 0.6 is 0 Å². The maximum absolute atomic E-state index is 12.4. The largest absolute Gasteiger partial charge is 0.349 e. The Labute approximate surface area is 132 Å². The average Bonchev–Trinajstić information content (AvgIpc) is 3.10. The van der Waals surface area contributed by atoms with Gasteiger partial charge in [0.1, 0.15) is 0 Å². The molecule has 0 heterocycles. The zero-order valence-corrected chi connectivity index (χ0v) is 13.8. The molecule has 2 aliphatic carbocycles. The van der Waals surface area contributed by atoms with E-state index >= 15 is 0 Å². The van der Waals surface area contributed by atoms with Crippen molar-refractivity contribution in [2.45, 2.75) is 55.9 Å². The van der Waals surface area contributed by atoms with Gasteiger partial charge in [-0.1, -0.05) is 19.3 Å². The lowest BCUT2D eigenvalue weighted by Gasteiger charge is -2.31. The number of rotatable bonds is 3. The molecule has 1 aromatic carbocycles. The van der Waals surface area contributed by atoms with Gasteiger partial charge in [0.15, 0.2) is 9.84 Å². The third-order valence-corrected chi connectivity index (χ3v) is 6.48. The Morgan fingerprint density at radius 1 is 1.09 bits per heavy atom. The molecule has 1 atom stereocenters. The van der Waals surface area contributed by atoms with E-state index in [2.05, 4.69) is 5.32 Å². The first kappa shape index (κ1) is 15.5. The van der Waals surface area contributed by atoms with Gasteiger partial charge in [0, 0.05) is 17.9 Å². The number of carbonyl (C=O) groups excluding carboxylic acids is 1. The predicted octanol–water partition coefficient (Wildman–Crippen LogP) is 2.93. The molecule has 1 amide bonds. The molecule has 3 rings (SSSR count). The van der Waals surface area contributed by atoms with Gasteiger partial charge in [-0.15, -0.1) is 0 Å². The minimum atomic E-state index is -3.22. The third kappa shape index (κ3) is 2.91. The molecule has 2 fully saturated rings. The molecule has 120 valence electrons. The summed E-state index contributed by atoms with van der Waals surface area (Å²) in [5, 5.41) is 3.20. The van der Waals surface area contributed by atoms with Gasteiger partial charge in [0.2, 0.25) is 0 Å². The molecule has 1 aromatic rings. The van der Waals surface area contributed by atoms with Crippen molar-refractivity contribution in [3.8, 4) is 0 Å². The summed E-state index contributed by atoms with van der Waals surface area (Å²) < 4.78 is 22.9. The Balaban J connectivity index is 1.72. The molecule has 0 aliphatic heterocycles. The molecule has 2 aliphatic rings. The van der Waals surface area contributed by atoms with Crippen molar-refractivity contribution in [3.05, 3.63) is 29.8 Å². The topological polar surface area (TPSA) is 63.2 Å². The van der Waals surface area contributed by atoms with E-state index in [9.17, 15) is 13.2 Å². The fourth-order valence-corrected chi connectivity index (χ4v) is 4.77. The maximum Gasteiger partial charge on any atom is 0.251 e. The number of sulfone groups is 1. The summed E-state index contributed by atoms with van der Waals surface area (Å²) in [6, 6.07) is 6.48. The standard InChI is InChI=1S/C17H23NO3S/c1-22(20,21)14-8-6-13(7-9-14)16(19)18-15-5-4-12-17(15)10-2-3-11-17/h6-9,15H,2-5,10-12H2,1H3,(H,18,19). The van der Waals surface area contributed by atoms with Crippen LogP contribution in [0, 0.1) is 5.41 Å². The summed E-state index contributed by atoms with van der Waals surface area (Å²) >= 11 is 0. The van der Waals surface area contributed by atoms with Gasteiger partial charge < -0.3 is 5.32 Å². The van der Waals surface area contributed by atoms with Crippen LogP contribution in [0.4, 0.5) is 0 Å². The first-order valence-electron chi connectivity index (χ1n) is 8.02. The Hall–Kier alpha value is -1.36. The van der Waals surface area contributed by atoms with Gasteiger partial charge in [-0.3, -0.25) is 4.79 Å². The van der Waals surface area contributed by atoms with Gasteiger partial charge >= 0.3 is 0 Å². The highest BCUT2D eigenvalue weighted by Crippen LogP contribution is 2.50. The van der Waals surface area contributed by atoms with E-state index in [1.807, 2.05) is 0 Å². The van der Waals surface area contributed by atoms with Gasteiger partial charge in [0.25, 0.3) is 5.91 Å². The molecule has 0 radical (unpaired) electrons. The molecular formula is C17H23NO3S. The van der Waals surface area contributed by atoms with E-state index in [4.69, 9.17) is 0 Å². The second-order valence-corrected chi connectivity index (χ2v) is 8.80. The maximum atomic E-state index is 12.4. The zero-order chi connectivity index (χ0) is 15.8. The smallest absolute Gasteiger partial charge is 0.251 e. The molecular weight excluding hydrogens is 298 g/mol. The molecule has 5 heteroatoms. The van der Waals surface area contributed by atoms with Crippen molar-refractivity contribution in [1.82, 2.24) is 5.32 Å². The highest BCUT2D eigenvalue weighted by molar-refractivity contribution is 7.90. The molecule has 1 unspecified atom stereocenters. The van der Waals surface area contributed by atoms with Crippen LogP contribution < -0.4 is 5.32 Å². The molecule has 1 N–H and O–H groups in total. The molecule has 1 spiro atoms. The molecule has 2 saturated carbocycles. The number of hydrogen-bond donors (Lipinski definition) is 1. The number of nitrogens with one attached hydrogen (secondary N) is 1. The van der Waals surface area contributed by atoms with Gasteiger partial charge in [-0.05, 0) is 55.4 Å². The summed E-state index contributed by atoms with van der Waals surface area (Å²) in [4.78, 5) is 12.7. The lowest BCUT2D eigenvalue weighted by atomic mass is 9.81. The van der Waals surface area contributed by atoms with Crippen LogP contribution in [-0.4, -0.2) is 26.6 Å². The van der Waals surface area contributed by atoms with Crippen LogP contribution in [0.3, 0.4) is 0 Å². The van der Waals surface area contributed by atoms with E-state index in [0.717, 1.165) is 6.42 Å². The van der Waals surface area contributed by atoms with E-state index in [-0.39, 0.29) is 16.8 Å². The normalized spacial score (nSPS) is 23.8. The summed E-state index contributed by atoms with van der Waals surface area (Å²) in [6.07, 6.45) is 9.65. The highest BCUT2D eigenvalue weighted by Gasteiger charge is 2.45. The second-order valence-electron chi connectivity index (χ2n) is 6.78. The number of amides is 1. The van der Waals surface area contributed by atoms with Crippen molar-refractivity contribution < 1.29 is 13.2 Å². The van der Waals surface area contributed by atoms with Gasteiger partial charge in [-0.2, -0.15) is 0 Å². The first-order valence-corrected chi connectivity index (χ1v) is 9.91. The van der Waals surface area contributed by atoms with Crippen LogP contribution in [-0.2, 0) is 9.84 Å². The van der Waals surface area contributed by atoms with Crippen LogP contribution in [0.5, 0.6) is 0 Å². The van der Waals surface area contributed by atoms with Gasteiger partial charge in [-0.25, -0.2) is 8.42 Å². The summed E-state index contributed by atoms with van der Waals surface area (Å²) in [5.74, 6) is -0.0850. The van der Waals surface area contributed by atoms with E-state index in [1.165, 1.54) is 56.9 Å². The van der Waals surface area contributed by atoms with Crippen LogP contribution in [0.15, 0.2) is 29.2 Å². The number of carbonyl (C=O) groups is 1. The SMILES string of the molecule is CS(=O)(=O)c1ccc(C(=O)NC2CCCC23CCCC3)cc1. The fourth-order valence-electron chi connectivity index (χ4n) is 4.14. The summed E-state index contributed by atoms with van der Waals surface area (Å²) in [6.45, 7) is 0. The monoisotopic (exact) mass is 321 g/mol. The minimum absolute atomic E-state index is 0.0850. The van der Waals surface area contributed by atoms with E-state index in [0.29, 0.717) is 11.0 Å². The number of hydrogen-bond acceptors (Lipinski definition) is 3. The quantitative estimate of drug-likeness (QED) is 0.931. The number of benzene rings is 1. The molecule has 0 bridgehead atoms. The highest BCUT2D eigenvalue weighted by atomic mass is 32.2. The molecule has 4 nitrogen and oxygen atoms in total. The van der Waals surface area contributed by atoms with Crippen molar-refractivity contribution in [2.75, 3.05) is 6.26 Å². The zero-order valence-electron chi connectivity index (χ0n) is 13.0. The predicted molar refractivity (Wildman–Crippen MR) is 85.6 cm³/mol. The van der Waals surface area contributed by atoms with Crippen LogP contribution in [0.2, 0.25) is 0 Å². The van der Waals surface area contributed by atoms with Crippen molar-refractivity contribution >= 4 is 15.7 Å². The lowest BCUT2D eigenvalue weighted by molar-refractivity contribution is 0.0898. The van der Waals surface area contributed by atoms with Crippen LogP contribution in [0.25, 0.3) is 0 Å². The fraction of sp³-hybridized carbons (Fsp3) is 0.588. The Morgan fingerprint density at radius 3 is 2.27 bits per heavy atom. The Morgan fingerprint density at radius 2 is 1.68 bits per heavy atom. The van der Waals surface area contributed by atoms with Crippen molar-refractivity contribution in [3.63, 3.8) is 0 Å². The Bertz CT molecular complexity index is 652. The molecule has 22 heavy (non-hydrogen) atoms. The van der Waals surface area contributed by atoms with E-state index in [1.54, 1.807) is 12.1 Å². The second kappa shape index (κ2) is 5.69. The van der Waals surface area contributed by atoms with Crippen molar-refractivity contribution in [2.24, 2.45) is 5.41 Å². The average molecular weight is 321 g/mol. The molecule has 0 aromatic heterocycles. The van der Waals surface area contributed by atoms with Gasteiger partial charge in [0.05, 0.1) is 4.90 Å². The lowest BCUT2D eigenvalue weighted by Crippen LogP contribution is -2.43.